The summed E-state index contributed by atoms with van der Waals surface area (Å²) in [6.45, 7) is 0.821. The second kappa shape index (κ2) is 14.3. The molecule has 6 aliphatic rings. The number of allylic oxidation sites excluding steroid dienone is 6. The molecule has 2 aliphatic carbocycles. The van der Waals surface area contributed by atoms with E-state index in [1.54, 1.807) is 0 Å². The zero-order valence-corrected chi connectivity index (χ0v) is 34.5. The number of fused-ring (bicyclic) bond motifs is 9. The van der Waals surface area contributed by atoms with Gasteiger partial charge in [-0.25, -0.2) is 4.99 Å². The third kappa shape index (κ3) is 5.64. The number of benzene rings is 5. The summed E-state index contributed by atoms with van der Waals surface area (Å²) in [7, 11) is 4.36. The molecule has 298 valence electrons. The average molecular weight is 794 g/mol. The highest BCUT2D eigenvalue weighted by atomic mass is 15.5. The number of hydrogen-bond donors (Lipinski definition) is 1. The number of anilines is 2. The van der Waals surface area contributed by atoms with Crippen LogP contribution in [-0.2, 0) is 6.42 Å². The van der Waals surface area contributed by atoms with E-state index in [-0.39, 0.29) is 18.4 Å². The van der Waals surface area contributed by atoms with E-state index in [4.69, 9.17) is 4.99 Å². The highest BCUT2D eigenvalue weighted by Crippen LogP contribution is 2.56. The second-order valence-corrected chi connectivity index (χ2v) is 16.9. The zero-order chi connectivity index (χ0) is 40.6. The highest BCUT2D eigenvalue weighted by Gasteiger charge is 2.46. The van der Waals surface area contributed by atoms with Gasteiger partial charge in [0.15, 0.2) is 6.29 Å². The van der Waals surface area contributed by atoms with Crippen molar-refractivity contribution in [1.29, 1.82) is 0 Å². The molecular weight excluding hydrogens is 747 g/mol. The number of nitrogens with one attached hydrogen (secondary N) is 1. The topological polar surface area (TPSA) is 42.3 Å². The fourth-order valence-corrected chi connectivity index (χ4v) is 10.6. The zero-order valence-electron chi connectivity index (χ0n) is 34.5. The molecule has 3 unspecified atom stereocenters. The Labute approximate surface area is 357 Å². The third-order valence-corrected chi connectivity index (χ3v) is 13.3. The number of nitrogens with zero attached hydrogens (tertiary/aromatic N) is 6. The van der Waals surface area contributed by atoms with Crippen LogP contribution < -0.4 is 10.2 Å². The molecule has 12 rings (SSSR count). The predicted octanol–water partition coefficient (Wildman–Crippen LogP) is 11.0. The lowest BCUT2D eigenvalue weighted by molar-refractivity contribution is 0.109. The van der Waals surface area contributed by atoms with Crippen molar-refractivity contribution in [3.05, 3.63) is 215 Å². The Bertz CT molecular complexity index is 2900. The van der Waals surface area contributed by atoms with Crippen LogP contribution in [0.5, 0.6) is 0 Å². The lowest BCUT2D eigenvalue weighted by Gasteiger charge is -2.46. The molecule has 7 nitrogen and oxygen atoms in total. The summed E-state index contributed by atoms with van der Waals surface area (Å²) in [6, 6.07) is 50.4. The maximum atomic E-state index is 5.36. The SMILES string of the molecule is CN1C=CC2=C(C1)N(C1NC(c3ccccc3)N=C(c3ccccc3)N1C)C1=CC=C(N3c4ccccc4-c4c5c(n(-c6ccccc6)c4-c4ccccc43)CCC=C5)CC12. The highest BCUT2D eigenvalue weighted by molar-refractivity contribution is 6.04. The quantitative estimate of drug-likeness (QED) is 0.188. The summed E-state index contributed by atoms with van der Waals surface area (Å²) >= 11 is 0. The number of aliphatic imine (C=N–C) groups is 1. The first-order valence-electron chi connectivity index (χ1n) is 21.6. The number of amidine groups is 1. The Kier molecular flexibility index (Phi) is 8.39. The van der Waals surface area contributed by atoms with E-state index in [2.05, 4.69) is 220 Å². The van der Waals surface area contributed by atoms with Crippen LogP contribution in [0.2, 0.25) is 0 Å². The molecule has 0 spiro atoms. The van der Waals surface area contributed by atoms with E-state index in [9.17, 15) is 0 Å². The molecule has 6 aromatic rings. The van der Waals surface area contributed by atoms with Crippen LogP contribution in [-0.4, -0.2) is 52.0 Å². The molecule has 1 N–H and O–H groups in total. The summed E-state index contributed by atoms with van der Waals surface area (Å²) < 4.78 is 2.55. The van der Waals surface area contributed by atoms with E-state index in [1.807, 2.05) is 0 Å². The lowest BCUT2D eigenvalue weighted by Crippen LogP contribution is -2.60. The third-order valence-electron chi connectivity index (χ3n) is 13.3. The van der Waals surface area contributed by atoms with Crippen LogP contribution in [0.25, 0.3) is 34.1 Å². The van der Waals surface area contributed by atoms with Crippen LogP contribution in [0.1, 0.15) is 41.4 Å². The first kappa shape index (κ1) is 35.8. The van der Waals surface area contributed by atoms with Crippen molar-refractivity contribution in [3.63, 3.8) is 0 Å². The molecule has 61 heavy (non-hydrogen) atoms. The first-order chi connectivity index (χ1) is 30.1. The van der Waals surface area contributed by atoms with E-state index in [1.165, 1.54) is 73.4 Å². The van der Waals surface area contributed by atoms with Crippen LogP contribution >= 0.6 is 0 Å². The molecule has 3 atom stereocenters. The Balaban J connectivity index is 1.02. The van der Waals surface area contributed by atoms with E-state index in [0.717, 1.165) is 42.8 Å². The van der Waals surface area contributed by atoms with Gasteiger partial charge in [-0.05, 0) is 72.7 Å². The molecule has 0 fully saturated rings. The van der Waals surface area contributed by atoms with Gasteiger partial charge in [0.1, 0.15) is 12.0 Å². The predicted molar refractivity (Wildman–Crippen MR) is 248 cm³/mol. The summed E-state index contributed by atoms with van der Waals surface area (Å²) in [5, 5.41) is 4.01. The number of hydrogen-bond acceptors (Lipinski definition) is 6. The summed E-state index contributed by atoms with van der Waals surface area (Å²) in [4.78, 5) is 15.1. The molecule has 4 aliphatic heterocycles. The van der Waals surface area contributed by atoms with E-state index in [0.29, 0.717) is 0 Å². The molecular formula is C54H47N7. The van der Waals surface area contributed by atoms with Gasteiger partial charge in [0.05, 0.1) is 23.6 Å². The maximum absolute atomic E-state index is 5.36. The monoisotopic (exact) mass is 793 g/mol. The average Bonchev–Trinajstić information content (AvgIpc) is 3.78. The minimum Gasteiger partial charge on any atom is -0.375 e. The van der Waals surface area contributed by atoms with E-state index < -0.39 is 0 Å². The van der Waals surface area contributed by atoms with Crippen molar-refractivity contribution in [2.75, 3.05) is 25.5 Å². The van der Waals surface area contributed by atoms with E-state index >= 15 is 0 Å². The molecule has 0 saturated heterocycles. The molecule has 0 amide bonds. The Hall–Kier alpha value is -7.09. The Morgan fingerprint density at radius 1 is 0.705 bits per heavy atom. The summed E-state index contributed by atoms with van der Waals surface area (Å²) in [5.74, 6) is 1.15. The van der Waals surface area contributed by atoms with Gasteiger partial charge in [-0.15, -0.1) is 0 Å². The standard InChI is InChI=1S/C54H47N7/c1-57-33-32-40-44-34-39(30-31-48(44)61(49(40)35-57)54-56-52(36-18-6-3-7-19-36)55-53(58(54)2)37-20-8-4-9-21-37)59-45-27-15-12-24-41(45)50-42-25-13-16-28-46(42)60(38-22-10-5-11-23-38)51(50)43-26-14-17-29-47(43)59/h3-15,17-27,29-33,44,52,54,56H,16,28,34-35H2,1-2H3. The van der Waals surface area contributed by atoms with Gasteiger partial charge in [0, 0.05) is 82.7 Å². The van der Waals surface area contributed by atoms with Crippen LogP contribution in [0.3, 0.4) is 0 Å². The van der Waals surface area contributed by atoms with Crippen molar-refractivity contribution in [1.82, 2.24) is 24.6 Å². The molecule has 0 bridgehead atoms. The number of likely N-dealkylation sites (N-methyl/N-ethyl adjacent to an activating group) is 1. The molecule has 1 aromatic heterocycles. The minimum absolute atomic E-state index is 0.170. The summed E-state index contributed by atoms with van der Waals surface area (Å²) in [5.41, 5.74) is 19.0. The lowest BCUT2D eigenvalue weighted by atomic mass is 9.87. The number of aromatic nitrogens is 1. The minimum atomic E-state index is -0.211. The largest absolute Gasteiger partial charge is 0.375 e. The van der Waals surface area contributed by atoms with Crippen LogP contribution in [0.4, 0.5) is 11.4 Å². The van der Waals surface area contributed by atoms with Crippen molar-refractivity contribution in [3.8, 4) is 28.1 Å². The van der Waals surface area contributed by atoms with Gasteiger partial charge in [-0.2, -0.15) is 0 Å². The molecule has 0 saturated carbocycles. The molecule has 5 heterocycles. The molecule has 0 radical (unpaired) electrons. The van der Waals surface area contributed by atoms with Crippen LogP contribution in [0, 0.1) is 5.92 Å². The van der Waals surface area contributed by atoms with Gasteiger partial charge in [0.2, 0.25) is 0 Å². The van der Waals surface area contributed by atoms with Crippen LogP contribution in [0.15, 0.2) is 198 Å². The van der Waals surface area contributed by atoms with Gasteiger partial charge < -0.3 is 24.2 Å². The van der Waals surface area contributed by atoms with Gasteiger partial charge >= 0.3 is 0 Å². The first-order valence-corrected chi connectivity index (χ1v) is 21.6. The molecule has 7 heteroatoms. The maximum Gasteiger partial charge on any atom is 0.164 e. The Morgan fingerprint density at radius 2 is 1.39 bits per heavy atom. The Morgan fingerprint density at radius 3 is 2.18 bits per heavy atom. The van der Waals surface area contributed by atoms with Crippen molar-refractivity contribution in [2.24, 2.45) is 10.9 Å². The van der Waals surface area contributed by atoms with Gasteiger partial charge in [0.25, 0.3) is 0 Å². The van der Waals surface area contributed by atoms with Gasteiger partial charge in [-0.1, -0.05) is 127 Å². The normalized spacial score (nSPS) is 21.1. The van der Waals surface area contributed by atoms with Gasteiger partial charge in [-0.3, -0.25) is 5.32 Å². The fourth-order valence-electron chi connectivity index (χ4n) is 10.6. The van der Waals surface area contributed by atoms with Crippen molar-refractivity contribution in [2.45, 2.75) is 31.7 Å². The summed E-state index contributed by atoms with van der Waals surface area (Å²) in [6.07, 6.45) is 16.7. The second-order valence-electron chi connectivity index (χ2n) is 16.9. The van der Waals surface area contributed by atoms with Crippen molar-refractivity contribution < 1.29 is 0 Å². The fraction of sp³-hybridized carbons (Fsp3) is 0.167. The van der Waals surface area contributed by atoms with Crippen molar-refractivity contribution >= 4 is 23.3 Å². The number of para-hydroxylation sites is 3. The number of rotatable bonds is 5. The smallest absolute Gasteiger partial charge is 0.164 e. The molecule has 5 aromatic carbocycles.